The summed E-state index contributed by atoms with van der Waals surface area (Å²) >= 11 is 9.29. The van der Waals surface area contributed by atoms with Gasteiger partial charge in [0.25, 0.3) is 0 Å². The molecule has 0 fully saturated rings. The van der Waals surface area contributed by atoms with E-state index in [-0.39, 0.29) is 16.5 Å². The number of halogens is 2. The van der Waals surface area contributed by atoms with Crippen LogP contribution in [-0.2, 0) is 23.1 Å². The molecule has 0 spiro atoms. The predicted octanol–water partition coefficient (Wildman–Crippen LogP) is 3.83. The Morgan fingerprint density at radius 3 is 2.48 bits per heavy atom. The maximum absolute atomic E-state index is 12.4. The van der Waals surface area contributed by atoms with Crippen LogP contribution >= 0.6 is 27.5 Å². The van der Waals surface area contributed by atoms with Gasteiger partial charge in [-0.05, 0) is 29.3 Å². The second-order valence-electron chi connectivity index (χ2n) is 5.45. The highest BCUT2D eigenvalue weighted by Gasteiger charge is 2.17. The minimum absolute atomic E-state index is 0.0640. The zero-order valence-corrected chi connectivity index (χ0v) is 16.2. The van der Waals surface area contributed by atoms with Gasteiger partial charge in [-0.1, -0.05) is 51.8 Å². The fourth-order valence-electron chi connectivity index (χ4n) is 2.30. The van der Waals surface area contributed by atoms with E-state index in [1.807, 2.05) is 35.0 Å². The van der Waals surface area contributed by atoms with Crippen LogP contribution in [0.15, 0.2) is 70.6 Å². The minimum atomic E-state index is -3.67. The van der Waals surface area contributed by atoms with Crippen molar-refractivity contribution in [3.63, 3.8) is 0 Å². The van der Waals surface area contributed by atoms with Crippen LogP contribution in [0.25, 0.3) is 0 Å². The van der Waals surface area contributed by atoms with Crippen LogP contribution in [0.3, 0.4) is 0 Å². The van der Waals surface area contributed by atoms with E-state index < -0.39 is 10.0 Å². The van der Waals surface area contributed by atoms with Crippen molar-refractivity contribution in [1.29, 1.82) is 0 Å². The Bertz CT molecular complexity index is 958. The monoisotopic (exact) mass is 439 g/mol. The largest absolute Gasteiger partial charge is 0.333 e. The Kier molecular flexibility index (Phi) is 5.58. The highest BCUT2D eigenvalue weighted by Crippen LogP contribution is 2.25. The van der Waals surface area contributed by atoms with Crippen LogP contribution < -0.4 is 4.72 Å². The highest BCUT2D eigenvalue weighted by molar-refractivity contribution is 9.10. The molecule has 2 aromatic carbocycles. The van der Waals surface area contributed by atoms with Gasteiger partial charge in [0.15, 0.2) is 0 Å². The molecule has 1 heterocycles. The zero-order chi connectivity index (χ0) is 17.9. The predicted molar refractivity (Wildman–Crippen MR) is 101 cm³/mol. The molecule has 25 heavy (non-hydrogen) atoms. The molecule has 0 aliphatic rings. The number of aromatic nitrogens is 2. The van der Waals surface area contributed by atoms with Crippen molar-refractivity contribution in [2.45, 2.75) is 18.0 Å². The van der Waals surface area contributed by atoms with Gasteiger partial charge in [0, 0.05) is 30.0 Å². The molecule has 0 amide bonds. The topological polar surface area (TPSA) is 64.0 Å². The molecule has 3 rings (SSSR count). The van der Waals surface area contributed by atoms with Gasteiger partial charge in [0.05, 0.1) is 11.3 Å². The molecule has 0 saturated carbocycles. The third-order valence-electron chi connectivity index (χ3n) is 3.60. The molecule has 0 radical (unpaired) electrons. The minimum Gasteiger partial charge on any atom is -0.333 e. The maximum Gasteiger partial charge on any atom is 0.242 e. The first-order chi connectivity index (χ1) is 11.9. The lowest BCUT2D eigenvalue weighted by molar-refractivity contribution is 0.581. The summed E-state index contributed by atoms with van der Waals surface area (Å²) in [6, 6.07) is 12.4. The van der Waals surface area contributed by atoms with Crippen molar-refractivity contribution in [3.8, 4) is 0 Å². The Labute approximate surface area is 159 Å². The van der Waals surface area contributed by atoms with Crippen LogP contribution in [-0.4, -0.2) is 18.0 Å². The molecule has 0 atom stereocenters. The molecular weight excluding hydrogens is 426 g/mol. The summed E-state index contributed by atoms with van der Waals surface area (Å²) in [6.45, 7) is 0.917. The summed E-state index contributed by atoms with van der Waals surface area (Å²) in [5.41, 5.74) is 1.98. The van der Waals surface area contributed by atoms with E-state index >= 15 is 0 Å². The number of nitrogens with one attached hydrogen (secondary N) is 1. The van der Waals surface area contributed by atoms with Crippen LogP contribution in [0, 0.1) is 0 Å². The van der Waals surface area contributed by atoms with Gasteiger partial charge < -0.3 is 4.57 Å². The van der Waals surface area contributed by atoms with Gasteiger partial charge in [0.1, 0.15) is 4.90 Å². The third-order valence-corrected chi connectivity index (χ3v) is 5.97. The molecule has 8 heteroatoms. The second kappa shape index (κ2) is 7.70. The average Bonchev–Trinajstić information content (AvgIpc) is 3.07. The summed E-state index contributed by atoms with van der Waals surface area (Å²) in [5.74, 6) is 0. The number of nitrogens with zero attached hydrogens (tertiary/aromatic N) is 2. The van der Waals surface area contributed by atoms with E-state index in [0.717, 1.165) is 22.1 Å². The van der Waals surface area contributed by atoms with E-state index in [4.69, 9.17) is 11.6 Å². The smallest absolute Gasteiger partial charge is 0.242 e. The number of rotatable bonds is 6. The molecule has 3 aromatic rings. The Hall–Kier alpha value is -1.67. The highest BCUT2D eigenvalue weighted by atomic mass is 79.9. The van der Waals surface area contributed by atoms with E-state index in [1.54, 1.807) is 24.7 Å². The van der Waals surface area contributed by atoms with Crippen molar-refractivity contribution in [1.82, 2.24) is 14.3 Å². The van der Waals surface area contributed by atoms with E-state index in [9.17, 15) is 8.42 Å². The van der Waals surface area contributed by atoms with Crippen molar-refractivity contribution >= 4 is 37.6 Å². The Balaban J connectivity index is 1.66. The fourth-order valence-corrected chi connectivity index (χ4v) is 4.36. The lowest BCUT2D eigenvalue weighted by Crippen LogP contribution is -2.23. The maximum atomic E-state index is 12.4. The van der Waals surface area contributed by atoms with Crippen LogP contribution in [0.5, 0.6) is 0 Å². The summed E-state index contributed by atoms with van der Waals surface area (Å²) in [4.78, 5) is 4.07. The van der Waals surface area contributed by atoms with E-state index in [1.165, 1.54) is 6.07 Å². The lowest BCUT2D eigenvalue weighted by Gasteiger charge is -2.09. The molecule has 5 nitrogen and oxygen atoms in total. The molecule has 0 saturated heterocycles. The Morgan fingerprint density at radius 1 is 1.12 bits per heavy atom. The van der Waals surface area contributed by atoms with Gasteiger partial charge in [-0.25, -0.2) is 18.1 Å². The van der Waals surface area contributed by atoms with Gasteiger partial charge in [-0.2, -0.15) is 0 Å². The van der Waals surface area contributed by atoms with Crippen molar-refractivity contribution in [2.75, 3.05) is 0 Å². The number of benzene rings is 2. The number of sulfonamides is 1. The number of hydrogen-bond donors (Lipinski definition) is 1. The van der Waals surface area contributed by atoms with Crippen molar-refractivity contribution in [2.24, 2.45) is 0 Å². The molecule has 0 aliphatic heterocycles. The number of hydrogen-bond acceptors (Lipinski definition) is 3. The molecule has 0 bridgehead atoms. The van der Waals surface area contributed by atoms with Crippen LogP contribution in [0.4, 0.5) is 0 Å². The van der Waals surface area contributed by atoms with Crippen molar-refractivity contribution in [3.05, 3.63) is 81.8 Å². The second-order valence-corrected chi connectivity index (χ2v) is 8.51. The quantitative estimate of drug-likeness (QED) is 0.634. The van der Waals surface area contributed by atoms with E-state index in [0.29, 0.717) is 0 Å². The van der Waals surface area contributed by atoms with Crippen molar-refractivity contribution < 1.29 is 8.42 Å². The first-order valence-electron chi connectivity index (χ1n) is 7.42. The Morgan fingerprint density at radius 2 is 1.84 bits per heavy atom. The molecule has 0 unspecified atom stereocenters. The molecule has 130 valence electrons. The average molecular weight is 441 g/mol. The molecule has 0 aliphatic carbocycles. The molecule has 1 aromatic heterocycles. The summed E-state index contributed by atoms with van der Waals surface area (Å²) in [5, 5.41) is 0.178. The number of imidazole rings is 1. The van der Waals surface area contributed by atoms with E-state index in [2.05, 4.69) is 25.6 Å². The normalized spacial score (nSPS) is 11.6. The van der Waals surface area contributed by atoms with Gasteiger partial charge in [-0.15, -0.1) is 0 Å². The first-order valence-corrected chi connectivity index (χ1v) is 10.1. The van der Waals surface area contributed by atoms with Crippen LogP contribution in [0.2, 0.25) is 5.02 Å². The standard InChI is InChI=1S/C17H15BrClN3O2S/c18-15-5-6-17(16(19)9-15)25(23,24)21-10-13-1-3-14(4-2-13)11-22-8-7-20-12-22/h1-9,12,21H,10-11H2. The summed E-state index contributed by atoms with van der Waals surface area (Å²) in [6.07, 6.45) is 5.38. The van der Waals surface area contributed by atoms with Gasteiger partial charge in [-0.3, -0.25) is 0 Å². The lowest BCUT2D eigenvalue weighted by atomic mass is 10.1. The zero-order valence-electron chi connectivity index (χ0n) is 13.1. The summed E-state index contributed by atoms with van der Waals surface area (Å²) < 4.78 is 30.1. The summed E-state index contributed by atoms with van der Waals surface area (Å²) in [7, 11) is -3.67. The third kappa shape index (κ3) is 4.70. The molecular formula is C17H15BrClN3O2S. The SMILES string of the molecule is O=S(=O)(NCc1ccc(Cn2ccnc2)cc1)c1ccc(Br)cc1Cl. The molecule has 1 N–H and O–H groups in total. The fraction of sp³-hybridized carbons (Fsp3) is 0.118. The van der Waals surface area contributed by atoms with Crippen LogP contribution in [0.1, 0.15) is 11.1 Å². The van der Waals surface area contributed by atoms with Gasteiger partial charge >= 0.3 is 0 Å². The first kappa shape index (κ1) is 18.1. The van der Waals surface area contributed by atoms with Gasteiger partial charge in [0.2, 0.25) is 10.0 Å².